The van der Waals surface area contributed by atoms with Crippen molar-refractivity contribution in [1.29, 1.82) is 0 Å². The summed E-state index contributed by atoms with van der Waals surface area (Å²) in [6, 6.07) is 5.63. The molecule has 0 N–H and O–H groups in total. The van der Waals surface area contributed by atoms with E-state index in [1.54, 1.807) is 31.9 Å². The van der Waals surface area contributed by atoms with Gasteiger partial charge in [-0.15, -0.1) is 0 Å². The first kappa shape index (κ1) is 31.2. The van der Waals surface area contributed by atoms with E-state index >= 15 is 0 Å². The number of rotatable bonds is 12. The Morgan fingerprint density at radius 2 is 1.71 bits per heavy atom. The van der Waals surface area contributed by atoms with Gasteiger partial charge in [0.2, 0.25) is 0 Å². The van der Waals surface area contributed by atoms with Crippen LogP contribution in [0.2, 0.25) is 0 Å². The molecule has 42 heavy (non-hydrogen) atoms. The molecule has 3 fully saturated rings. The maximum Gasteiger partial charge on any atom is 0.331 e. The minimum atomic E-state index is -0.261. The van der Waals surface area contributed by atoms with Gasteiger partial charge in [-0.2, -0.15) is 0 Å². The number of fused-ring (bicyclic) bond motifs is 5. The highest BCUT2D eigenvalue weighted by molar-refractivity contribution is 5.87. The van der Waals surface area contributed by atoms with Crippen LogP contribution in [-0.4, -0.2) is 26.3 Å². The third-order valence-electron chi connectivity index (χ3n) is 12.3. The third kappa shape index (κ3) is 6.34. The first-order valence-corrected chi connectivity index (χ1v) is 17.1. The average molecular weight is 577 g/mol. The van der Waals surface area contributed by atoms with Gasteiger partial charge in [0.1, 0.15) is 6.10 Å². The summed E-state index contributed by atoms with van der Waals surface area (Å²) < 4.78 is 16.7. The summed E-state index contributed by atoms with van der Waals surface area (Å²) >= 11 is 0. The lowest BCUT2D eigenvalue weighted by atomic mass is 9.47. The van der Waals surface area contributed by atoms with Crippen molar-refractivity contribution in [2.24, 2.45) is 34.5 Å². The molecule has 4 aliphatic rings. The lowest BCUT2D eigenvalue weighted by Gasteiger charge is -2.58. The number of hydrogen-bond donors (Lipinski definition) is 0. The molecule has 0 heterocycles. The SMILES string of the molecule is CCCCCCCC[C@H]1CC[C@@H]2[C@H]3CC=C4C[C@@H](OC(=O)C=Cc5ccc(OC)c(OC)c5)CC[C@]4(C)[C@H]3CC[C@]12C. The van der Waals surface area contributed by atoms with Gasteiger partial charge in [0.05, 0.1) is 14.2 Å². The Labute approximate surface area is 255 Å². The lowest BCUT2D eigenvalue weighted by molar-refractivity contribution is -0.145. The Bertz CT molecular complexity index is 1140. The summed E-state index contributed by atoms with van der Waals surface area (Å²) in [5.74, 6) is 4.54. The monoisotopic (exact) mass is 576 g/mol. The molecular weight excluding hydrogens is 520 g/mol. The summed E-state index contributed by atoms with van der Waals surface area (Å²) in [4.78, 5) is 12.8. The van der Waals surface area contributed by atoms with Crippen molar-refractivity contribution in [1.82, 2.24) is 0 Å². The van der Waals surface area contributed by atoms with E-state index in [0.717, 1.165) is 48.5 Å². The van der Waals surface area contributed by atoms with Crippen LogP contribution in [0.3, 0.4) is 0 Å². The molecule has 0 radical (unpaired) electrons. The molecule has 0 bridgehead atoms. The number of methoxy groups -OCH3 is 2. The van der Waals surface area contributed by atoms with Crippen molar-refractivity contribution in [3.05, 3.63) is 41.5 Å². The third-order valence-corrected chi connectivity index (χ3v) is 12.3. The van der Waals surface area contributed by atoms with Gasteiger partial charge in [0, 0.05) is 12.5 Å². The quantitative estimate of drug-likeness (QED) is 0.107. The zero-order valence-corrected chi connectivity index (χ0v) is 27.1. The predicted octanol–water partition coefficient (Wildman–Crippen LogP) is 9.96. The predicted molar refractivity (Wildman–Crippen MR) is 172 cm³/mol. The highest BCUT2D eigenvalue weighted by Gasteiger charge is 2.58. The van der Waals surface area contributed by atoms with Crippen LogP contribution in [0.1, 0.15) is 123 Å². The van der Waals surface area contributed by atoms with E-state index in [1.807, 2.05) is 18.2 Å². The molecule has 0 amide bonds. The van der Waals surface area contributed by atoms with Crippen molar-refractivity contribution in [3.8, 4) is 11.5 Å². The molecule has 0 aromatic heterocycles. The summed E-state index contributed by atoms with van der Waals surface area (Å²) in [6.45, 7) is 7.54. The van der Waals surface area contributed by atoms with Crippen LogP contribution in [0.4, 0.5) is 0 Å². The number of carbonyl (C=O) groups excluding carboxylic acids is 1. The van der Waals surface area contributed by atoms with E-state index < -0.39 is 0 Å². The molecule has 7 atom stereocenters. The van der Waals surface area contributed by atoms with E-state index in [4.69, 9.17) is 14.2 Å². The lowest BCUT2D eigenvalue weighted by Crippen LogP contribution is -2.50. The van der Waals surface area contributed by atoms with Crippen molar-refractivity contribution >= 4 is 12.0 Å². The minimum Gasteiger partial charge on any atom is -0.493 e. The molecular formula is C38H56O4. The first-order chi connectivity index (χ1) is 20.3. The maximum absolute atomic E-state index is 12.8. The van der Waals surface area contributed by atoms with Gasteiger partial charge in [0.25, 0.3) is 0 Å². The number of esters is 1. The summed E-state index contributed by atoms with van der Waals surface area (Å²) in [7, 11) is 3.24. The summed E-state index contributed by atoms with van der Waals surface area (Å²) in [6.07, 6.45) is 25.8. The second-order valence-electron chi connectivity index (χ2n) is 14.4. The standard InChI is InChI=1S/C38H56O4/c1-6-7-8-9-10-11-12-28-16-18-32-31-17-15-29-26-30(21-23-38(29,3)33(31)22-24-37(28,32)2)42-36(39)20-14-27-13-19-34(40-4)35(25-27)41-5/h13-15,19-20,25,28,30-33H,6-12,16-18,21-24,26H2,1-5H3/t28-,30-,31+,32+,33-,37+,38-/m0/s1. The van der Waals surface area contributed by atoms with Crippen LogP contribution in [0.15, 0.2) is 35.9 Å². The van der Waals surface area contributed by atoms with E-state index in [2.05, 4.69) is 26.8 Å². The van der Waals surface area contributed by atoms with Gasteiger partial charge in [-0.1, -0.05) is 77.0 Å². The van der Waals surface area contributed by atoms with Crippen LogP contribution in [0.5, 0.6) is 11.5 Å². The van der Waals surface area contributed by atoms with Crippen LogP contribution >= 0.6 is 0 Å². The molecule has 3 saturated carbocycles. The van der Waals surface area contributed by atoms with Crippen LogP contribution in [-0.2, 0) is 9.53 Å². The van der Waals surface area contributed by atoms with E-state index in [-0.39, 0.29) is 17.5 Å². The van der Waals surface area contributed by atoms with Gasteiger partial charge < -0.3 is 14.2 Å². The van der Waals surface area contributed by atoms with Crippen LogP contribution < -0.4 is 9.47 Å². The van der Waals surface area contributed by atoms with Crippen molar-refractivity contribution in [2.45, 2.75) is 123 Å². The average Bonchev–Trinajstić information content (AvgIpc) is 3.33. The Kier molecular flexibility index (Phi) is 10.1. The molecule has 5 rings (SSSR count). The molecule has 232 valence electrons. The fourth-order valence-electron chi connectivity index (χ4n) is 9.81. The molecule has 0 saturated heterocycles. The van der Waals surface area contributed by atoms with Crippen molar-refractivity contribution in [3.63, 3.8) is 0 Å². The highest BCUT2D eigenvalue weighted by Crippen LogP contribution is 2.66. The zero-order chi connectivity index (χ0) is 29.7. The molecule has 0 unspecified atom stereocenters. The van der Waals surface area contributed by atoms with E-state index in [0.29, 0.717) is 16.9 Å². The number of ether oxygens (including phenoxy) is 3. The Morgan fingerprint density at radius 1 is 0.929 bits per heavy atom. The number of unbranched alkanes of at least 4 members (excludes halogenated alkanes) is 5. The number of carbonyl (C=O) groups is 1. The van der Waals surface area contributed by atoms with Gasteiger partial charge in [-0.25, -0.2) is 4.79 Å². The topological polar surface area (TPSA) is 44.8 Å². The van der Waals surface area contributed by atoms with Gasteiger partial charge >= 0.3 is 5.97 Å². The van der Waals surface area contributed by atoms with E-state index in [1.165, 1.54) is 77.0 Å². The summed E-state index contributed by atoms with van der Waals surface area (Å²) in [5.41, 5.74) is 3.29. The second kappa shape index (κ2) is 13.6. The Morgan fingerprint density at radius 3 is 2.50 bits per heavy atom. The molecule has 1 aromatic rings. The Balaban J connectivity index is 1.16. The first-order valence-electron chi connectivity index (χ1n) is 17.1. The maximum atomic E-state index is 12.8. The fraction of sp³-hybridized carbons (Fsp3) is 0.711. The van der Waals surface area contributed by atoms with Crippen LogP contribution in [0, 0.1) is 34.5 Å². The number of benzene rings is 1. The van der Waals surface area contributed by atoms with E-state index in [9.17, 15) is 4.79 Å². The van der Waals surface area contributed by atoms with Crippen molar-refractivity contribution < 1.29 is 19.0 Å². The fourth-order valence-corrected chi connectivity index (χ4v) is 9.81. The second-order valence-corrected chi connectivity index (χ2v) is 14.4. The van der Waals surface area contributed by atoms with Gasteiger partial charge in [-0.05, 0) is 110 Å². The molecule has 0 aliphatic heterocycles. The normalized spacial score (nSPS) is 33.8. The Hall–Kier alpha value is -2.23. The van der Waals surface area contributed by atoms with Gasteiger partial charge in [0.15, 0.2) is 11.5 Å². The summed E-state index contributed by atoms with van der Waals surface area (Å²) in [5, 5.41) is 0. The minimum absolute atomic E-state index is 0.0227. The number of allylic oxidation sites excluding steroid dienone is 1. The van der Waals surface area contributed by atoms with Crippen molar-refractivity contribution in [2.75, 3.05) is 14.2 Å². The molecule has 4 heteroatoms. The molecule has 1 aromatic carbocycles. The van der Waals surface area contributed by atoms with Gasteiger partial charge in [-0.3, -0.25) is 0 Å². The highest BCUT2D eigenvalue weighted by atomic mass is 16.5. The number of hydrogen-bond acceptors (Lipinski definition) is 4. The van der Waals surface area contributed by atoms with Crippen LogP contribution in [0.25, 0.3) is 6.08 Å². The largest absolute Gasteiger partial charge is 0.493 e. The zero-order valence-electron chi connectivity index (χ0n) is 27.1. The molecule has 0 spiro atoms. The smallest absolute Gasteiger partial charge is 0.331 e. The molecule has 4 aliphatic carbocycles. The molecule has 4 nitrogen and oxygen atoms in total.